The van der Waals surface area contributed by atoms with Crippen LogP contribution in [0.2, 0.25) is 0 Å². The smallest absolute Gasteiger partial charge is 0.0930 e. The Kier molecular flexibility index (Phi) is 4.95. The van der Waals surface area contributed by atoms with E-state index in [0.717, 1.165) is 31.7 Å². The number of rotatable bonds is 5. The minimum atomic E-state index is 0.778. The summed E-state index contributed by atoms with van der Waals surface area (Å²) in [7, 11) is 2.22. The summed E-state index contributed by atoms with van der Waals surface area (Å²) in [5, 5.41) is 1.32. The molecule has 0 saturated carbocycles. The van der Waals surface area contributed by atoms with Gasteiger partial charge < -0.3 is 10.6 Å². The molecule has 0 radical (unpaired) electrons. The normalized spacial score (nSPS) is 21.9. The van der Waals surface area contributed by atoms with E-state index in [1.165, 1.54) is 35.8 Å². The molecule has 1 fully saturated rings. The zero-order valence-corrected chi connectivity index (χ0v) is 11.5. The number of likely N-dealkylation sites (tertiary alicyclic amines) is 1. The Hall–Kier alpha value is -0.450. The molecule has 1 aromatic rings. The highest BCUT2D eigenvalue weighted by molar-refractivity contribution is 7.11. The van der Waals surface area contributed by atoms with Crippen molar-refractivity contribution in [2.75, 3.05) is 26.7 Å². The van der Waals surface area contributed by atoms with Crippen LogP contribution in [0.3, 0.4) is 0 Å². The van der Waals surface area contributed by atoms with E-state index in [4.69, 9.17) is 5.73 Å². The number of hydrogen-bond acceptors (Lipinski definition) is 4. The predicted octanol–water partition coefficient (Wildman–Crippen LogP) is 1.92. The van der Waals surface area contributed by atoms with Crippen LogP contribution >= 0.6 is 11.3 Å². The molecule has 96 valence electrons. The fourth-order valence-corrected chi connectivity index (χ4v) is 3.60. The average molecular weight is 253 g/mol. The molecule has 1 aliphatic heterocycles. The summed E-state index contributed by atoms with van der Waals surface area (Å²) in [5.41, 5.74) is 5.53. The minimum absolute atomic E-state index is 0.778. The second kappa shape index (κ2) is 6.47. The van der Waals surface area contributed by atoms with E-state index in [2.05, 4.69) is 16.9 Å². The van der Waals surface area contributed by atoms with Gasteiger partial charge in [-0.2, -0.15) is 0 Å². The lowest BCUT2D eigenvalue weighted by Crippen LogP contribution is -2.32. The first kappa shape index (κ1) is 13.0. The third kappa shape index (κ3) is 4.05. The van der Waals surface area contributed by atoms with Gasteiger partial charge in [-0.15, -0.1) is 11.3 Å². The molecule has 3 nitrogen and oxygen atoms in total. The number of nitrogens with zero attached hydrogens (tertiary/aromatic N) is 2. The van der Waals surface area contributed by atoms with E-state index < -0.39 is 0 Å². The summed E-state index contributed by atoms with van der Waals surface area (Å²) < 4.78 is 0. The number of aryl methyl sites for hydroxylation is 1. The lowest BCUT2D eigenvalue weighted by Gasteiger charge is -2.29. The van der Waals surface area contributed by atoms with Crippen LogP contribution in [0.15, 0.2) is 6.20 Å². The van der Waals surface area contributed by atoms with Crippen molar-refractivity contribution in [2.45, 2.75) is 32.1 Å². The summed E-state index contributed by atoms with van der Waals surface area (Å²) in [5.74, 6) is 0.808. The quantitative estimate of drug-likeness (QED) is 0.872. The Labute approximate surface area is 108 Å². The molecule has 1 atom stereocenters. The SMILES string of the molecule is CN1CCCC(Cc2ncc(CCCN)s2)C1. The molecule has 1 saturated heterocycles. The molecule has 2 N–H and O–H groups in total. The van der Waals surface area contributed by atoms with Gasteiger partial charge in [0.1, 0.15) is 0 Å². The van der Waals surface area contributed by atoms with Crippen molar-refractivity contribution in [3.05, 3.63) is 16.1 Å². The van der Waals surface area contributed by atoms with E-state index in [1.54, 1.807) is 0 Å². The lowest BCUT2D eigenvalue weighted by molar-refractivity contribution is 0.209. The van der Waals surface area contributed by atoms with Gasteiger partial charge in [-0.3, -0.25) is 0 Å². The maximum atomic E-state index is 5.53. The first-order chi connectivity index (χ1) is 8.28. The third-order valence-electron chi connectivity index (χ3n) is 3.41. The van der Waals surface area contributed by atoms with Crippen molar-refractivity contribution >= 4 is 11.3 Å². The topological polar surface area (TPSA) is 42.2 Å². The zero-order valence-electron chi connectivity index (χ0n) is 10.7. The molecule has 0 amide bonds. The van der Waals surface area contributed by atoms with Crippen molar-refractivity contribution in [3.63, 3.8) is 0 Å². The summed E-state index contributed by atoms with van der Waals surface area (Å²) in [6.45, 7) is 3.27. The maximum absolute atomic E-state index is 5.53. The van der Waals surface area contributed by atoms with Gasteiger partial charge in [0, 0.05) is 24.0 Å². The van der Waals surface area contributed by atoms with Gasteiger partial charge in [0.05, 0.1) is 5.01 Å². The summed E-state index contributed by atoms with van der Waals surface area (Å²) in [4.78, 5) is 8.39. The van der Waals surface area contributed by atoms with Crippen molar-refractivity contribution in [2.24, 2.45) is 11.7 Å². The molecule has 0 spiro atoms. The third-order valence-corrected chi connectivity index (χ3v) is 4.49. The average Bonchev–Trinajstić information content (AvgIpc) is 2.74. The standard InChI is InChI=1S/C13H23N3S/c1-16-7-3-4-11(10-16)8-13-15-9-12(17-13)5-2-6-14/h9,11H,2-8,10,14H2,1H3. The minimum Gasteiger partial charge on any atom is -0.330 e. The Morgan fingerprint density at radius 1 is 1.59 bits per heavy atom. The highest BCUT2D eigenvalue weighted by Gasteiger charge is 2.18. The first-order valence-corrected chi connectivity index (χ1v) is 7.41. The fraction of sp³-hybridized carbons (Fsp3) is 0.769. The van der Waals surface area contributed by atoms with E-state index >= 15 is 0 Å². The fourth-order valence-electron chi connectivity index (χ4n) is 2.52. The molecule has 2 rings (SSSR count). The van der Waals surface area contributed by atoms with Crippen molar-refractivity contribution in [1.29, 1.82) is 0 Å². The molecule has 1 aromatic heterocycles. The number of nitrogens with two attached hydrogens (primary N) is 1. The van der Waals surface area contributed by atoms with Gasteiger partial charge in [-0.1, -0.05) is 0 Å². The summed E-state index contributed by atoms with van der Waals surface area (Å²) in [6, 6.07) is 0. The van der Waals surface area contributed by atoms with E-state index in [0.29, 0.717) is 0 Å². The van der Waals surface area contributed by atoms with Crippen LogP contribution in [0.25, 0.3) is 0 Å². The van der Waals surface area contributed by atoms with Crippen molar-refractivity contribution in [1.82, 2.24) is 9.88 Å². The molecule has 17 heavy (non-hydrogen) atoms. The van der Waals surface area contributed by atoms with Gasteiger partial charge in [-0.05, 0) is 51.7 Å². The van der Waals surface area contributed by atoms with Gasteiger partial charge in [0.15, 0.2) is 0 Å². The van der Waals surface area contributed by atoms with Crippen LogP contribution in [0, 0.1) is 5.92 Å². The molecular weight excluding hydrogens is 230 g/mol. The highest BCUT2D eigenvalue weighted by Crippen LogP contribution is 2.23. The second-order valence-corrected chi connectivity index (χ2v) is 6.29. The van der Waals surface area contributed by atoms with Crippen LogP contribution in [0.1, 0.15) is 29.1 Å². The molecular formula is C13H23N3S. The zero-order chi connectivity index (χ0) is 12.1. The highest BCUT2D eigenvalue weighted by atomic mass is 32.1. The van der Waals surface area contributed by atoms with Crippen LogP contribution in [-0.4, -0.2) is 36.6 Å². The second-order valence-electron chi connectivity index (χ2n) is 5.09. The number of aromatic nitrogens is 1. The van der Waals surface area contributed by atoms with Crippen LogP contribution in [-0.2, 0) is 12.8 Å². The Morgan fingerprint density at radius 2 is 2.47 bits per heavy atom. The summed E-state index contributed by atoms with van der Waals surface area (Å²) >= 11 is 1.88. The molecule has 4 heteroatoms. The monoisotopic (exact) mass is 253 g/mol. The van der Waals surface area contributed by atoms with E-state index in [1.807, 2.05) is 17.5 Å². The lowest BCUT2D eigenvalue weighted by atomic mass is 9.95. The Balaban J connectivity index is 1.83. The molecule has 0 bridgehead atoms. The van der Waals surface area contributed by atoms with Crippen molar-refractivity contribution < 1.29 is 0 Å². The van der Waals surface area contributed by atoms with Crippen molar-refractivity contribution in [3.8, 4) is 0 Å². The Bertz CT molecular complexity index is 337. The van der Waals surface area contributed by atoms with Gasteiger partial charge in [-0.25, -0.2) is 4.98 Å². The van der Waals surface area contributed by atoms with Crippen LogP contribution in [0.4, 0.5) is 0 Å². The van der Waals surface area contributed by atoms with E-state index in [9.17, 15) is 0 Å². The van der Waals surface area contributed by atoms with Gasteiger partial charge in [0.2, 0.25) is 0 Å². The maximum Gasteiger partial charge on any atom is 0.0930 e. The molecule has 1 unspecified atom stereocenters. The molecule has 2 heterocycles. The predicted molar refractivity (Wildman–Crippen MR) is 73.4 cm³/mol. The Morgan fingerprint density at radius 3 is 3.24 bits per heavy atom. The number of thiazole rings is 1. The van der Waals surface area contributed by atoms with Crippen LogP contribution < -0.4 is 5.73 Å². The summed E-state index contributed by atoms with van der Waals surface area (Å²) in [6.07, 6.45) is 8.08. The molecule has 1 aliphatic rings. The van der Waals surface area contributed by atoms with Gasteiger partial charge in [0.25, 0.3) is 0 Å². The van der Waals surface area contributed by atoms with Crippen LogP contribution in [0.5, 0.6) is 0 Å². The van der Waals surface area contributed by atoms with Gasteiger partial charge >= 0.3 is 0 Å². The number of hydrogen-bond donors (Lipinski definition) is 1. The number of piperidine rings is 1. The molecule has 0 aliphatic carbocycles. The first-order valence-electron chi connectivity index (χ1n) is 6.60. The largest absolute Gasteiger partial charge is 0.330 e. The molecule has 0 aromatic carbocycles. The van der Waals surface area contributed by atoms with E-state index in [-0.39, 0.29) is 0 Å².